The lowest BCUT2D eigenvalue weighted by Crippen LogP contribution is -2.15. The van der Waals surface area contributed by atoms with E-state index in [9.17, 15) is 10.1 Å². The molecule has 1 rings (SSSR count). The van der Waals surface area contributed by atoms with Crippen LogP contribution in [-0.2, 0) is 0 Å². The standard InChI is InChI=1S/C10H14N4O3S/c1-6(2)5-18-10-8(9(11)13-15)3-7(4-12-10)14(16)17/h3-4,6,15H,5H2,1-2H3,(H2,11,13). The molecule has 0 aromatic carbocycles. The predicted molar refractivity (Wildman–Crippen MR) is 69.0 cm³/mol. The maximum absolute atomic E-state index is 10.7. The summed E-state index contributed by atoms with van der Waals surface area (Å²) in [6.07, 6.45) is 1.16. The second-order valence-corrected chi connectivity index (χ2v) is 5.00. The molecule has 0 saturated heterocycles. The zero-order valence-electron chi connectivity index (χ0n) is 10.0. The molecule has 3 N–H and O–H groups in total. The van der Waals surface area contributed by atoms with E-state index < -0.39 is 4.92 Å². The Morgan fingerprint density at radius 2 is 2.39 bits per heavy atom. The normalized spacial score (nSPS) is 11.8. The number of nitro groups is 1. The molecule has 0 bridgehead atoms. The fourth-order valence-corrected chi connectivity index (χ4v) is 2.08. The Morgan fingerprint density at radius 1 is 1.72 bits per heavy atom. The highest BCUT2D eigenvalue weighted by molar-refractivity contribution is 7.99. The van der Waals surface area contributed by atoms with Gasteiger partial charge >= 0.3 is 0 Å². The summed E-state index contributed by atoms with van der Waals surface area (Å²) in [4.78, 5) is 14.1. The van der Waals surface area contributed by atoms with E-state index in [0.29, 0.717) is 10.9 Å². The van der Waals surface area contributed by atoms with Gasteiger partial charge in [-0.15, -0.1) is 11.8 Å². The van der Waals surface area contributed by atoms with Gasteiger partial charge in [-0.1, -0.05) is 19.0 Å². The second-order valence-electron chi connectivity index (χ2n) is 3.99. The lowest BCUT2D eigenvalue weighted by Gasteiger charge is -2.08. The zero-order valence-corrected chi connectivity index (χ0v) is 10.8. The third-order valence-electron chi connectivity index (χ3n) is 1.98. The Kier molecular flexibility index (Phi) is 4.90. The highest BCUT2D eigenvalue weighted by Crippen LogP contribution is 2.25. The molecular formula is C10H14N4O3S. The second kappa shape index (κ2) is 6.20. The molecule has 0 saturated carbocycles. The van der Waals surface area contributed by atoms with Crippen LogP contribution in [0.5, 0.6) is 0 Å². The van der Waals surface area contributed by atoms with E-state index >= 15 is 0 Å². The Morgan fingerprint density at radius 3 is 2.89 bits per heavy atom. The number of pyridine rings is 1. The minimum atomic E-state index is -0.571. The Bertz CT molecular complexity index is 476. The van der Waals surface area contributed by atoms with Crippen LogP contribution in [0.2, 0.25) is 0 Å². The number of hydrogen-bond donors (Lipinski definition) is 2. The number of amidine groups is 1. The van der Waals surface area contributed by atoms with E-state index in [-0.39, 0.29) is 17.1 Å². The zero-order chi connectivity index (χ0) is 13.7. The van der Waals surface area contributed by atoms with Crippen LogP contribution >= 0.6 is 11.8 Å². The summed E-state index contributed by atoms with van der Waals surface area (Å²) in [5, 5.41) is 22.7. The van der Waals surface area contributed by atoms with Gasteiger partial charge in [0.15, 0.2) is 5.84 Å². The summed E-state index contributed by atoms with van der Waals surface area (Å²) >= 11 is 1.41. The number of nitrogens with zero attached hydrogens (tertiary/aromatic N) is 3. The van der Waals surface area contributed by atoms with Crippen molar-refractivity contribution in [2.24, 2.45) is 16.8 Å². The van der Waals surface area contributed by atoms with Crippen molar-refractivity contribution in [2.45, 2.75) is 18.9 Å². The highest BCUT2D eigenvalue weighted by Gasteiger charge is 2.16. The average molecular weight is 270 g/mol. The van der Waals surface area contributed by atoms with Crippen LogP contribution < -0.4 is 5.73 Å². The van der Waals surface area contributed by atoms with Gasteiger partial charge in [-0.05, 0) is 5.92 Å². The summed E-state index contributed by atoms with van der Waals surface area (Å²) < 4.78 is 0. The maximum atomic E-state index is 10.7. The monoisotopic (exact) mass is 270 g/mol. The molecule has 98 valence electrons. The van der Waals surface area contributed by atoms with Gasteiger partial charge in [0.2, 0.25) is 0 Å². The van der Waals surface area contributed by atoms with Gasteiger partial charge in [0, 0.05) is 11.8 Å². The number of aromatic nitrogens is 1. The number of oxime groups is 1. The minimum Gasteiger partial charge on any atom is -0.409 e. The molecule has 1 heterocycles. The molecule has 18 heavy (non-hydrogen) atoms. The van der Waals surface area contributed by atoms with Crippen molar-refractivity contribution < 1.29 is 10.1 Å². The average Bonchev–Trinajstić information content (AvgIpc) is 2.34. The smallest absolute Gasteiger partial charge is 0.288 e. The first-order valence-corrected chi connectivity index (χ1v) is 6.19. The summed E-state index contributed by atoms with van der Waals surface area (Å²) in [6.45, 7) is 4.09. The van der Waals surface area contributed by atoms with E-state index in [1.165, 1.54) is 17.8 Å². The molecule has 0 spiro atoms. The van der Waals surface area contributed by atoms with E-state index in [1.807, 2.05) is 13.8 Å². The summed E-state index contributed by atoms with van der Waals surface area (Å²) in [6, 6.07) is 1.25. The van der Waals surface area contributed by atoms with Crippen molar-refractivity contribution in [3.63, 3.8) is 0 Å². The van der Waals surface area contributed by atoms with E-state index in [1.54, 1.807) is 0 Å². The van der Waals surface area contributed by atoms with Gasteiger partial charge in [0.25, 0.3) is 5.69 Å². The molecule has 0 unspecified atom stereocenters. The first-order chi connectivity index (χ1) is 8.45. The van der Waals surface area contributed by atoms with Crippen LogP contribution in [0.4, 0.5) is 5.69 Å². The predicted octanol–water partition coefficient (Wildman–Crippen LogP) is 1.83. The van der Waals surface area contributed by atoms with Gasteiger partial charge in [-0.25, -0.2) is 4.98 Å². The molecule has 0 atom stereocenters. The topological polar surface area (TPSA) is 115 Å². The number of hydrogen-bond acceptors (Lipinski definition) is 6. The third kappa shape index (κ3) is 3.59. The van der Waals surface area contributed by atoms with Crippen LogP contribution in [0.25, 0.3) is 0 Å². The third-order valence-corrected chi connectivity index (χ3v) is 3.42. The van der Waals surface area contributed by atoms with Crippen LogP contribution in [0.1, 0.15) is 19.4 Å². The van der Waals surface area contributed by atoms with Crippen LogP contribution in [-0.4, -0.2) is 26.7 Å². The number of rotatable bonds is 5. The lowest BCUT2D eigenvalue weighted by molar-refractivity contribution is -0.385. The number of thioether (sulfide) groups is 1. The van der Waals surface area contributed by atoms with Gasteiger partial charge in [0.1, 0.15) is 11.2 Å². The maximum Gasteiger partial charge on any atom is 0.288 e. The van der Waals surface area contributed by atoms with Gasteiger partial charge < -0.3 is 10.9 Å². The van der Waals surface area contributed by atoms with Gasteiger partial charge in [-0.3, -0.25) is 10.1 Å². The SMILES string of the molecule is CC(C)CSc1ncc([N+](=O)[O-])cc1/C(N)=N/O. The molecule has 0 aliphatic rings. The Labute approximate surface area is 108 Å². The Balaban J connectivity index is 3.13. The molecule has 0 aliphatic heterocycles. The van der Waals surface area contributed by atoms with E-state index in [4.69, 9.17) is 10.9 Å². The van der Waals surface area contributed by atoms with Crippen molar-refractivity contribution >= 4 is 23.3 Å². The first-order valence-electron chi connectivity index (χ1n) is 5.20. The van der Waals surface area contributed by atoms with Gasteiger partial charge in [0.05, 0.1) is 10.5 Å². The molecule has 1 aromatic rings. The lowest BCUT2D eigenvalue weighted by atomic mass is 10.2. The molecule has 0 radical (unpaired) electrons. The molecule has 0 amide bonds. The molecule has 0 aliphatic carbocycles. The Hall–Kier alpha value is -1.83. The molecule has 1 aromatic heterocycles. The first kappa shape index (κ1) is 14.2. The fourth-order valence-electron chi connectivity index (χ4n) is 1.14. The van der Waals surface area contributed by atoms with Crippen molar-refractivity contribution in [2.75, 3.05) is 5.75 Å². The van der Waals surface area contributed by atoms with Crippen LogP contribution in [0.15, 0.2) is 22.4 Å². The van der Waals surface area contributed by atoms with Crippen molar-refractivity contribution in [3.05, 3.63) is 27.9 Å². The fraction of sp³-hybridized carbons (Fsp3) is 0.400. The molecular weight excluding hydrogens is 256 g/mol. The van der Waals surface area contributed by atoms with Crippen molar-refractivity contribution in [1.29, 1.82) is 0 Å². The quantitative estimate of drug-likeness (QED) is 0.211. The van der Waals surface area contributed by atoms with Crippen LogP contribution in [0.3, 0.4) is 0 Å². The highest BCUT2D eigenvalue weighted by atomic mass is 32.2. The largest absolute Gasteiger partial charge is 0.409 e. The van der Waals surface area contributed by atoms with Crippen molar-refractivity contribution in [3.8, 4) is 0 Å². The van der Waals surface area contributed by atoms with Crippen molar-refractivity contribution in [1.82, 2.24) is 4.98 Å². The summed E-state index contributed by atoms with van der Waals surface area (Å²) in [7, 11) is 0. The van der Waals surface area contributed by atoms with Gasteiger partial charge in [-0.2, -0.15) is 0 Å². The molecule has 0 fully saturated rings. The van der Waals surface area contributed by atoms with Crippen LogP contribution in [0, 0.1) is 16.0 Å². The van der Waals surface area contributed by atoms with E-state index in [2.05, 4.69) is 10.1 Å². The summed E-state index contributed by atoms with van der Waals surface area (Å²) in [5.74, 6) is 1.04. The molecule has 7 nitrogen and oxygen atoms in total. The molecule has 8 heteroatoms. The minimum absolute atomic E-state index is 0.183. The number of nitrogens with two attached hydrogens (primary N) is 1. The van der Waals surface area contributed by atoms with E-state index in [0.717, 1.165) is 11.9 Å². The summed E-state index contributed by atoms with van der Waals surface area (Å²) in [5.41, 5.74) is 5.58.